The van der Waals surface area contributed by atoms with Gasteiger partial charge in [0.15, 0.2) is 0 Å². The summed E-state index contributed by atoms with van der Waals surface area (Å²) in [5, 5.41) is 0. The van der Waals surface area contributed by atoms with E-state index in [4.69, 9.17) is 0 Å². The van der Waals surface area contributed by atoms with Crippen LogP contribution in [0.2, 0.25) is 0 Å². The number of aromatic nitrogens is 1. The van der Waals surface area contributed by atoms with Gasteiger partial charge < -0.3 is 0 Å². The van der Waals surface area contributed by atoms with Gasteiger partial charge in [-0.05, 0) is 49.6 Å². The second-order valence-corrected chi connectivity index (χ2v) is 8.86. The summed E-state index contributed by atoms with van der Waals surface area (Å²) < 4.78 is 27.5. The molecule has 1 saturated heterocycles. The van der Waals surface area contributed by atoms with Crippen molar-refractivity contribution in [1.29, 1.82) is 0 Å². The predicted octanol–water partition coefficient (Wildman–Crippen LogP) is 1.76. The first kappa shape index (κ1) is 17.8. The normalized spacial score (nSPS) is 20.4. The third kappa shape index (κ3) is 2.76. The molecule has 1 atom stereocenters. The summed E-state index contributed by atoms with van der Waals surface area (Å²) in [6.07, 6.45) is 1.88. The van der Waals surface area contributed by atoms with E-state index in [1.807, 2.05) is 13.0 Å². The highest BCUT2D eigenvalue weighted by Crippen LogP contribution is 2.30. The summed E-state index contributed by atoms with van der Waals surface area (Å²) in [5.74, 6) is -0.856. The minimum Gasteiger partial charge on any atom is -0.268 e. The Kier molecular flexibility index (Phi) is 4.12. The number of nitrogens with zero attached hydrogens (tertiary/aromatic N) is 3. The number of fused-ring (bicyclic) bond motifs is 1. The highest BCUT2D eigenvalue weighted by atomic mass is 32.2. The monoisotopic (exact) mass is 385 g/mol. The van der Waals surface area contributed by atoms with E-state index >= 15 is 0 Å². The van der Waals surface area contributed by atoms with Crippen LogP contribution in [0, 0.1) is 13.8 Å². The molecule has 0 radical (unpaired) electrons. The van der Waals surface area contributed by atoms with E-state index < -0.39 is 27.9 Å². The van der Waals surface area contributed by atoms with Gasteiger partial charge in [-0.15, -0.1) is 0 Å². The van der Waals surface area contributed by atoms with Crippen molar-refractivity contribution in [3.05, 3.63) is 58.9 Å². The van der Waals surface area contributed by atoms with E-state index in [0.717, 1.165) is 10.5 Å². The fourth-order valence-corrected chi connectivity index (χ4v) is 5.48. The molecule has 2 amide bonds. The van der Waals surface area contributed by atoms with Crippen molar-refractivity contribution in [2.45, 2.75) is 31.2 Å². The first-order valence-corrected chi connectivity index (χ1v) is 10.1. The van der Waals surface area contributed by atoms with Crippen molar-refractivity contribution in [3.8, 4) is 0 Å². The number of aryl methyl sites for hydroxylation is 2. The van der Waals surface area contributed by atoms with Gasteiger partial charge in [-0.3, -0.25) is 19.5 Å². The molecule has 140 valence electrons. The molecule has 1 aromatic heterocycles. The largest absolute Gasteiger partial charge is 0.280 e. The highest BCUT2D eigenvalue weighted by Gasteiger charge is 2.45. The van der Waals surface area contributed by atoms with Crippen molar-refractivity contribution in [2.75, 3.05) is 13.1 Å². The molecule has 3 heterocycles. The van der Waals surface area contributed by atoms with Crippen LogP contribution < -0.4 is 0 Å². The molecular weight excluding hydrogens is 366 g/mol. The quantitative estimate of drug-likeness (QED) is 0.752. The predicted molar refractivity (Wildman–Crippen MR) is 97.8 cm³/mol. The zero-order valence-electron chi connectivity index (χ0n) is 15.0. The van der Waals surface area contributed by atoms with E-state index in [1.165, 1.54) is 10.5 Å². The maximum atomic E-state index is 13.1. The average molecular weight is 385 g/mol. The van der Waals surface area contributed by atoms with Crippen LogP contribution in [0.1, 0.15) is 38.4 Å². The zero-order chi connectivity index (χ0) is 19.3. The van der Waals surface area contributed by atoms with Gasteiger partial charge in [0.05, 0.1) is 16.5 Å². The Balaban J connectivity index is 1.60. The van der Waals surface area contributed by atoms with Crippen LogP contribution >= 0.6 is 0 Å². The van der Waals surface area contributed by atoms with E-state index in [9.17, 15) is 18.0 Å². The summed E-state index contributed by atoms with van der Waals surface area (Å²) >= 11 is 0. The lowest BCUT2D eigenvalue weighted by Gasteiger charge is -2.22. The van der Waals surface area contributed by atoms with E-state index in [-0.39, 0.29) is 29.2 Å². The number of sulfonamides is 1. The summed E-state index contributed by atoms with van der Waals surface area (Å²) in [4.78, 5) is 30.6. The summed E-state index contributed by atoms with van der Waals surface area (Å²) in [6, 6.07) is 8.00. The van der Waals surface area contributed by atoms with Crippen LogP contribution in [-0.4, -0.2) is 53.6 Å². The molecule has 1 unspecified atom stereocenters. The van der Waals surface area contributed by atoms with Gasteiger partial charge in [-0.1, -0.05) is 12.1 Å². The van der Waals surface area contributed by atoms with Gasteiger partial charge in [0.1, 0.15) is 5.69 Å². The zero-order valence-corrected chi connectivity index (χ0v) is 15.9. The van der Waals surface area contributed by atoms with Crippen molar-refractivity contribution >= 4 is 21.8 Å². The van der Waals surface area contributed by atoms with Crippen LogP contribution in [0.25, 0.3) is 0 Å². The molecule has 1 aromatic carbocycles. The lowest BCUT2D eigenvalue weighted by atomic mass is 10.2. The van der Waals surface area contributed by atoms with E-state index in [2.05, 4.69) is 4.98 Å². The van der Waals surface area contributed by atoms with Gasteiger partial charge in [0.2, 0.25) is 10.0 Å². The van der Waals surface area contributed by atoms with E-state index in [1.54, 1.807) is 31.2 Å². The number of pyridine rings is 1. The lowest BCUT2D eigenvalue weighted by molar-refractivity contribution is 0.0591. The molecule has 1 fully saturated rings. The van der Waals surface area contributed by atoms with Crippen molar-refractivity contribution < 1.29 is 18.0 Å². The molecule has 0 aliphatic carbocycles. The number of hydrogen-bond acceptors (Lipinski definition) is 5. The Hall–Kier alpha value is -2.58. The Morgan fingerprint density at radius 1 is 1.11 bits per heavy atom. The Morgan fingerprint density at radius 3 is 2.63 bits per heavy atom. The number of imide groups is 1. The third-order valence-electron chi connectivity index (χ3n) is 5.13. The molecule has 0 N–H and O–H groups in total. The van der Waals surface area contributed by atoms with Gasteiger partial charge >= 0.3 is 0 Å². The second kappa shape index (κ2) is 6.24. The molecular formula is C19H19N3O4S. The maximum absolute atomic E-state index is 13.1. The van der Waals surface area contributed by atoms with Crippen LogP contribution in [-0.2, 0) is 10.0 Å². The fraction of sp³-hybridized carbons (Fsp3) is 0.316. The minimum absolute atomic E-state index is 0.0984. The number of carbonyl (C=O) groups is 2. The Morgan fingerprint density at radius 2 is 1.89 bits per heavy atom. The molecule has 0 bridgehead atoms. The topological polar surface area (TPSA) is 87.7 Å². The van der Waals surface area contributed by atoms with Crippen molar-refractivity contribution in [3.63, 3.8) is 0 Å². The third-order valence-corrected chi connectivity index (χ3v) is 7.14. The highest BCUT2D eigenvalue weighted by molar-refractivity contribution is 7.89. The number of amides is 2. The minimum atomic E-state index is -3.69. The Labute approximate surface area is 157 Å². The molecule has 2 aromatic rings. The molecule has 2 aliphatic rings. The van der Waals surface area contributed by atoms with Crippen LogP contribution in [0.3, 0.4) is 0 Å². The summed E-state index contributed by atoms with van der Waals surface area (Å²) in [5.41, 5.74) is 1.95. The smallest absolute Gasteiger partial charge is 0.268 e. The summed E-state index contributed by atoms with van der Waals surface area (Å²) in [7, 11) is -3.69. The fourth-order valence-electron chi connectivity index (χ4n) is 3.68. The average Bonchev–Trinajstić information content (AvgIpc) is 3.22. The van der Waals surface area contributed by atoms with Crippen molar-refractivity contribution in [1.82, 2.24) is 14.2 Å². The van der Waals surface area contributed by atoms with Crippen LogP contribution in [0.5, 0.6) is 0 Å². The van der Waals surface area contributed by atoms with Crippen LogP contribution in [0.4, 0.5) is 0 Å². The number of carbonyl (C=O) groups excluding carboxylic acids is 2. The summed E-state index contributed by atoms with van der Waals surface area (Å²) in [6.45, 7) is 3.97. The van der Waals surface area contributed by atoms with Gasteiger partial charge in [-0.2, -0.15) is 4.31 Å². The Bertz CT molecular complexity index is 1030. The standard InChI is InChI=1S/C19H19N3O4S/c1-12-5-6-13(2)16(10-12)27(25,26)21-9-7-14(11-21)22-18(23)15-4-3-8-20-17(15)19(22)24/h3-6,8,10,14H,7,9,11H2,1-2H3. The molecule has 0 spiro atoms. The molecule has 27 heavy (non-hydrogen) atoms. The molecule has 4 rings (SSSR count). The van der Waals surface area contributed by atoms with Gasteiger partial charge in [-0.25, -0.2) is 8.42 Å². The van der Waals surface area contributed by atoms with E-state index in [0.29, 0.717) is 12.0 Å². The SMILES string of the molecule is Cc1ccc(C)c(S(=O)(=O)N2CCC(N3C(=O)c4cccnc4C3=O)C2)c1. The number of benzene rings is 1. The van der Waals surface area contributed by atoms with Crippen LogP contribution in [0.15, 0.2) is 41.4 Å². The maximum Gasteiger partial charge on any atom is 0.280 e. The van der Waals surface area contributed by atoms with Gasteiger partial charge in [0, 0.05) is 19.3 Å². The van der Waals surface area contributed by atoms with Gasteiger partial charge in [0.25, 0.3) is 11.8 Å². The molecule has 2 aliphatic heterocycles. The lowest BCUT2D eigenvalue weighted by Crippen LogP contribution is -2.42. The molecule has 8 heteroatoms. The van der Waals surface area contributed by atoms with Crippen molar-refractivity contribution in [2.24, 2.45) is 0 Å². The first-order chi connectivity index (χ1) is 12.8. The number of rotatable bonds is 3. The second-order valence-electron chi connectivity index (χ2n) is 6.95. The number of hydrogen-bond donors (Lipinski definition) is 0. The molecule has 0 saturated carbocycles. The molecule has 7 nitrogen and oxygen atoms in total. The first-order valence-electron chi connectivity index (χ1n) is 8.71.